The molecule has 0 N–H and O–H groups in total. The van der Waals surface area contributed by atoms with Crippen LogP contribution in [0.2, 0.25) is 0 Å². The monoisotopic (exact) mass is 863 g/mol. The second kappa shape index (κ2) is 14.6. The summed E-state index contributed by atoms with van der Waals surface area (Å²) in [6, 6.07) is 54.8. The maximum Gasteiger partial charge on any atom is 0.252 e. The molecule has 0 saturated carbocycles. The van der Waals surface area contributed by atoms with Crippen molar-refractivity contribution in [1.29, 1.82) is 0 Å². The number of rotatable bonds is 4. The van der Waals surface area contributed by atoms with Gasteiger partial charge < -0.3 is 9.80 Å². The van der Waals surface area contributed by atoms with E-state index in [2.05, 4.69) is 232 Å². The van der Waals surface area contributed by atoms with Crippen molar-refractivity contribution in [3.8, 4) is 22.3 Å². The number of benzene rings is 7. The molecule has 0 bridgehead atoms. The van der Waals surface area contributed by atoms with Gasteiger partial charge in [0.1, 0.15) is 0 Å². The molecule has 2 nitrogen and oxygen atoms in total. The number of anilines is 6. The number of fused-ring (bicyclic) bond motifs is 6. The molecule has 0 saturated heterocycles. The van der Waals surface area contributed by atoms with Gasteiger partial charge in [-0.25, -0.2) is 0 Å². The summed E-state index contributed by atoms with van der Waals surface area (Å²) in [5.41, 5.74) is 25.7. The quantitative estimate of drug-likeness (QED) is 0.163. The summed E-state index contributed by atoms with van der Waals surface area (Å²) in [7, 11) is 0. The van der Waals surface area contributed by atoms with Gasteiger partial charge in [0.05, 0.1) is 0 Å². The van der Waals surface area contributed by atoms with Crippen molar-refractivity contribution >= 4 is 57.2 Å². The van der Waals surface area contributed by atoms with E-state index in [0.29, 0.717) is 0 Å². The summed E-state index contributed by atoms with van der Waals surface area (Å²) < 4.78 is 0. The van der Waals surface area contributed by atoms with E-state index in [1.807, 2.05) is 0 Å². The molecule has 332 valence electrons. The van der Waals surface area contributed by atoms with Crippen LogP contribution in [-0.2, 0) is 27.1 Å². The van der Waals surface area contributed by atoms with Gasteiger partial charge in [-0.1, -0.05) is 173 Å². The van der Waals surface area contributed by atoms with Crippen LogP contribution in [-0.4, -0.2) is 6.71 Å². The molecule has 3 heteroatoms. The molecule has 2 aliphatic heterocycles. The predicted octanol–water partition coefficient (Wildman–Crippen LogP) is 15.4. The summed E-state index contributed by atoms with van der Waals surface area (Å²) in [6.07, 6.45) is 4.84. The van der Waals surface area contributed by atoms with Crippen molar-refractivity contribution in [3.05, 3.63) is 173 Å². The fraction of sp³-hybridized carbons (Fsp3) is 0.333. The van der Waals surface area contributed by atoms with E-state index in [0.717, 1.165) is 0 Å². The lowest BCUT2D eigenvalue weighted by Crippen LogP contribution is -2.61. The van der Waals surface area contributed by atoms with E-state index < -0.39 is 0 Å². The van der Waals surface area contributed by atoms with Gasteiger partial charge in [0, 0.05) is 34.1 Å². The second-order valence-corrected chi connectivity index (χ2v) is 24.1. The highest BCUT2D eigenvalue weighted by Crippen LogP contribution is 2.50. The Balaban J connectivity index is 1.14. The summed E-state index contributed by atoms with van der Waals surface area (Å²) in [6.45, 7) is 28.7. The number of hydrogen-bond donors (Lipinski definition) is 0. The van der Waals surface area contributed by atoms with Crippen LogP contribution in [0.1, 0.15) is 135 Å². The minimum absolute atomic E-state index is 0.0449. The molecular formula is C63H67BN2. The van der Waals surface area contributed by atoms with Crippen molar-refractivity contribution < 1.29 is 0 Å². The summed E-state index contributed by atoms with van der Waals surface area (Å²) in [4.78, 5) is 5.13. The van der Waals surface area contributed by atoms with Crippen molar-refractivity contribution in [2.24, 2.45) is 0 Å². The molecule has 0 fully saturated rings. The molecule has 0 atom stereocenters. The lowest BCUT2D eigenvalue weighted by molar-refractivity contribution is 0.332. The molecule has 0 unspecified atom stereocenters. The Bertz CT molecular complexity index is 3080. The first-order valence-electron chi connectivity index (χ1n) is 24.7. The van der Waals surface area contributed by atoms with Gasteiger partial charge >= 0.3 is 0 Å². The topological polar surface area (TPSA) is 6.48 Å². The van der Waals surface area contributed by atoms with Gasteiger partial charge in [0.25, 0.3) is 6.71 Å². The molecule has 2 heterocycles. The molecule has 11 rings (SSSR count). The SMILES string of the molecule is Cc1ccc(N2c3ccccc3B3c4cc(-c5ccc6c(c5)C(C)(C)CCC6(C)C)ccc4N(c4ccc(-c5ccc6c(c5)C(C)(C)CCC6(C)C)cc4)c4cc(C(C)(C)C)cc2c43)cc1. The van der Waals surface area contributed by atoms with Crippen molar-refractivity contribution in [1.82, 2.24) is 0 Å². The fourth-order valence-electron chi connectivity index (χ4n) is 12.2. The van der Waals surface area contributed by atoms with Gasteiger partial charge in [-0.2, -0.15) is 0 Å². The lowest BCUT2D eigenvalue weighted by Gasteiger charge is -2.45. The summed E-state index contributed by atoms with van der Waals surface area (Å²) in [5, 5.41) is 0. The fourth-order valence-corrected chi connectivity index (χ4v) is 12.2. The highest BCUT2D eigenvalue weighted by molar-refractivity contribution is 7.00. The van der Waals surface area contributed by atoms with Crippen LogP contribution in [0.5, 0.6) is 0 Å². The molecule has 7 aromatic rings. The van der Waals surface area contributed by atoms with Crippen LogP contribution in [0, 0.1) is 6.92 Å². The highest BCUT2D eigenvalue weighted by Gasteiger charge is 2.45. The molecule has 0 spiro atoms. The van der Waals surface area contributed by atoms with E-state index in [4.69, 9.17) is 0 Å². The largest absolute Gasteiger partial charge is 0.311 e. The van der Waals surface area contributed by atoms with Crippen molar-refractivity contribution in [3.63, 3.8) is 0 Å². The summed E-state index contributed by atoms with van der Waals surface area (Å²) in [5.74, 6) is 0. The minimum atomic E-state index is -0.0832. The molecule has 0 radical (unpaired) electrons. The molecule has 2 aliphatic carbocycles. The third-order valence-electron chi connectivity index (χ3n) is 16.6. The third kappa shape index (κ3) is 6.73. The van der Waals surface area contributed by atoms with E-state index in [1.165, 1.54) is 132 Å². The number of para-hydroxylation sites is 1. The Morgan fingerprint density at radius 1 is 0.409 bits per heavy atom. The smallest absolute Gasteiger partial charge is 0.252 e. The maximum atomic E-state index is 2.59. The van der Waals surface area contributed by atoms with Gasteiger partial charge in [-0.05, 0) is 175 Å². The molecule has 66 heavy (non-hydrogen) atoms. The van der Waals surface area contributed by atoms with E-state index >= 15 is 0 Å². The van der Waals surface area contributed by atoms with Crippen molar-refractivity contribution in [2.75, 3.05) is 9.80 Å². The highest BCUT2D eigenvalue weighted by atomic mass is 15.2. The molecule has 7 aromatic carbocycles. The Hall–Kier alpha value is -5.80. The van der Waals surface area contributed by atoms with E-state index in [9.17, 15) is 0 Å². The zero-order valence-electron chi connectivity index (χ0n) is 41.6. The first-order valence-corrected chi connectivity index (χ1v) is 24.7. The van der Waals surface area contributed by atoms with Crippen LogP contribution in [0.25, 0.3) is 22.3 Å². The molecule has 0 amide bonds. The molecular weight excluding hydrogens is 796 g/mol. The van der Waals surface area contributed by atoms with Crippen LogP contribution < -0.4 is 26.2 Å². The van der Waals surface area contributed by atoms with Gasteiger partial charge in [0.2, 0.25) is 0 Å². The average molecular weight is 863 g/mol. The van der Waals surface area contributed by atoms with E-state index in [1.54, 1.807) is 0 Å². The third-order valence-corrected chi connectivity index (χ3v) is 16.6. The maximum absolute atomic E-state index is 2.59. The van der Waals surface area contributed by atoms with Crippen LogP contribution >= 0.6 is 0 Å². The second-order valence-electron chi connectivity index (χ2n) is 24.1. The molecule has 4 aliphatic rings. The Morgan fingerprint density at radius 2 is 0.833 bits per heavy atom. The van der Waals surface area contributed by atoms with Gasteiger partial charge in [-0.15, -0.1) is 0 Å². The standard InChI is InChI=1S/C63H67BN2/c1-40-17-24-46(25-18-40)65-54-16-14-13-15-52(54)64-53-37-44(43-22-29-49-51(36-43)63(11,12)34-32-61(49,7)8)23-30-55(53)66(57-39-45(59(2,3)4)38-56(65)58(57)64)47-26-19-41(20-27-47)42-21-28-48-50(35-42)62(9,10)33-31-60(48,5)6/h13-30,35-39H,31-34H2,1-12H3. The van der Waals surface area contributed by atoms with Gasteiger partial charge in [0.15, 0.2) is 0 Å². The van der Waals surface area contributed by atoms with Crippen LogP contribution in [0.4, 0.5) is 34.1 Å². The van der Waals surface area contributed by atoms with Crippen LogP contribution in [0.15, 0.2) is 140 Å². The predicted molar refractivity (Wildman–Crippen MR) is 285 cm³/mol. The normalized spacial score (nSPS) is 18.2. The Labute approximate surface area is 396 Å². The van der Waals surface area contributed by atoms with Crippen LogP contribution in [0.3, 0.4) is 0 Å². The minimum Gasteiger partial charge on any atom is -0.311 e. The zero-order chi connectivity index (χ0) is 46.3. The number of hydrogen-bond acceptors (Lipinski definition) is 2. The summed E-state index contributed by atoms with van der Waals surface area (Å²) >= 11 is 0. The average Bonchev–Trinajstić information content (AvgIpc) is 3.29. The van der Waals surface area contributed by atoms with Crippen molar-refractivity contribution in [2.45, 2.75) is 136 Å². The first kappa shape index (κ1) is 42.8. The Kier molecular flexibility index (Phi) is 9.47. The van der Waals surface area contributed by atoms with E-state index in [-0.39, 0.29) is 33.8 Å². The number of aryl methyl sites for hydroxylation is 1. The zero-order valence-corrected chi connectivity index (χ0v) is 41.6. The Morgan fingerprint density at radius 3 is 1.36 bits per heavy atom. The van der Waals surface area contributed by atoms with Gasteiger partial charge in [-0.3, -0.25) is 0 Å². The first-order chi connectivity index (χ1) is 31.2. The lowest BCUT2D eigenvalue weighted by atomic mass is 9.33. The molecule has 0 aromatic heterocycles. The number of nitrogens with zero attached hydrogens (tertiary/aromatic N) is 2.